The molecule has 0 amide bonds. The van der Waals surface area contributed by atoms with Crippen molar-refractivity contribution in [3.8, 4) is 0 Å². The Morgan fingerprint density at radius 3 is 2.71 bits per heavy atom. The molecular formula is C12H18N4O. The number of hydrogen-bond donors (Lipinski definition) is 1. The first-order chi connectivity index (χ1) is 8.16. The van der Waals surface area contributed by atoms with Gasteiger partial charge in [-0.25, -0.2) is 9.97 Å². The quantitative estimate of drug-likeness (QED) is 0.635. The molecular weight excluding hydrogens is 216 g/mol. The number of nitrogens with zero attached hydrogens (tertiary/aromatic N) is 3. The van der Waals surface area contributed by atoms with Gasteiger partial charge in [0.25, 0.3) is 0 Å². The Morgan fingerprint density at radius 1 is 1.41 bits per heavy atom. The highest BCUT2D eigenvalue weighted by Gasteiger charge is 2.28. The molecule has 0 bridgehead atoms. The summed E-state index contributed by atoms with van der Waals surface area (Å²) in [5, 5.41) is 3.97. The van der Waals surface area contributed by atoms with Gasteiger partial charge in [0.1, 0.15) is 12.4 Å². The fourth-order valence-corrected chi connectivity index (χ4v) is 1.91. The molecule has 0 unspecified atom stereocenters. The zero-order valence-corrected chi connectivity index (χ0v) is 10.0. The smallest absolute Gasteiger partial charge is 0.127 e. The molecule has 1 saturated carbocycles. The van der Waals surface area contributed by atoms with Gasteiger partial charge in [-0.1, -0.05) is 5.16 Å². The maximum absolute atomic E-state index is 6.05. The number of rotatable bonds is 3. The van der Waals surface area contributed by atoms with E-state index in [4.69, 9.17) is 10.6 Å². The first-order valence-corrected chi connectivity index (χ1v) is 5.89. The second kappa shape index (κ2) is 5.23. The van der Waals surface area contributed by atoms with Crippen LogP contribution < -0.4 is 5.73 Å². The van der Waals surface area contributed by atoms with Crippen LogP contribution in [0.3, 0.4) is 0 Å². The zero-order chi connectivity index (χ0) is 12.1. The SMILES string of the molecule is CC1(N)CCC(ON=Cc2cncnc2)CC1. The summed E-state index contributed by atoms with van der Waals surface area (Å²) in [6.07, 6.45) is 10.6. The molecule has 1 aliphatic rings. The van der Waals surface area contributed by atoms with Crippen molar-refractivity contribution in [1.29, 1.82) is 0 Å². The molecule has 2 rings (SSSR count). The summed E-state index contributed by atoms with van der Waals surface area (Å²) >= 11 is 0. The van der Waals surface area contributed by atoms with Crippen LogP contribution in [0, 0.1) is 0 Å². The van der Waals surface area contributed by atoms with Crippen LogP contribution in [0.2, 0.25) is 0 Å². The molecule has 5 nitrogen and oxygen atoms in total. The van der Waals surface area contributed by atoms with Gasteiger partial charge in [-0.05, 0) is 32.6 Å². The van der Waals surface area contributed by atoms with Crippen LogP contribution in [0.1, 0.15) is 38.2 Å². The van der Waals surface area contributed by atoms with E-state index in [0.717, 1.165) is 31.2 Å². The van der Waals surface area contributed by atoms with E-state index in [-0.39, 0.29) is 11.6 Å². The lowest BCUT2D eigenvalue weighted by Crippen LogP contribution is -2.41. The second-order valence-corrected chi connectivity index (χ2v) is 4.87. The summed E-state index contributed by atoms with van der Waals surface area (Å²) in [4.78, 5) is 13.2. The average Bonchev–Trinajstić information content (AvgIpc) is 2.33. The van der Waals surface area contributed by atoms with Crippen molar-refractivity contribution in [3.05, 3.63) is 24.3 Å². The van der Waals surface area contributed by atoms with Crippen molar-refractivity contribution < 1.29 is 4.84 Å². The number of nitrogens with two attached hydrogens (primary N) is 1. The topological polar surface area (TPSA) is 73.4 Å². The van der Waals surface area contributed by atoms with Crippen molar-refractivity contribution >= 4 is 6.21 Å². The molecule has 1 aromatic rings. The lowest BCUT2D eigenvalue weighted by molar-refractivity contribution is 0.0203. The molecule has 92 valence electrons. The highest BCUT2D eigenvalue weighted by molar-refractivity contribution is 5.77. The second-order valence-electron chi connectivity index (χ2n) is 4.87. The minimum atomic E-state index is -0.0309. The first-order valence-electron chi connectivity index (χ1n) is 5.89. The van der Waals surface area contributed by atoms with Crippen LogP contribution in [-0.4, -0.2) is 27.8 Å². The molecule has 0 aromatic carbocycles. The normalized spacial score (nSPS) is 29.4. The van der Waals surface area contributed by atoms with Crippen molar-refractivity contribution in [2.75, 3.05) is 0 Å². The van der Waals surface area contributed by atoms with Gasteiger partial charge < -0.3 is 10.6 Å². The molecule has 1 fully saturated rings. The van der Waals surface area contributed by atoms with E-state index in [1.54, 1.807) is 18.6 Å². The third-order valence-corrected chi connectivity index (χ3v) is 3.07. The monoisotopic (exact) mass is 234 g/mol. The maximum Gasteiger partial charge on any atom is 0.127 e. The van der Waals surface area contributed by atoms with E-state index in [9.17, 15) is 0 Å². The lowest BCUT2D eigenvalue weighted by atomic mass is 9.83. The Balaban J connectivity index is 1.78. The Labute approximate surface area is 101 Å². The molecule has 2 N–H and O–H groups in total. The zero-order valence-electron chi connectivity index (χ0n) is 10.0. The summed E-state index contributed by atoms with van der Waals surface area (Å²) < 4.78 is 0. The Kier molecular flexibility index (Phi) is 3.68. The summed E-state index contributed by atoms with van der Waals surface area (Å²) in [7, 11) is 0. The predicted molar refractivity (Wildman–Crippen MR) is 65.6 cm³/mol. The molecule has 1 heterocycles. The van der Waals surface area contributed by atoms with Crippen molar-refractivity contribution in [3.63, 3.8) is 0 Å². The molecule has 1 aliphatic carbocycles. The van der Waals surface area contributed by atoms with E-state index in [1.807, 2.05) is 0 Å². The van der Waals surface area contributed by atoms with Crippen molar-refractivity contribution in [1.82, 2.24) is 9.97 Å². The fraction of sp³-hybridized carbons (Fsp3) is 0.583. The molecule has 0 spiro atoms. The Hall–Kier alpha value is -1.49. The Morgan fingerprint density at radius 2 is 2.06 bits per heavy atom. The largest absolute Gasteiger partial charge is 0.392 e. The number of hydrogen-bond acceptors (Lipinski definition) is 5. The third-order valence-electron chi connectivity index (χ3n) is 3.07. The average molecular weight is 234 g/mol. The number of oxime groups is 1. The van der Waals surface area contributed by atoms with E-state index in [0.29, 0.717) is 0 Å². The molecule has 0 atom stereocenters. The minimum absolute atomic E-state index is 0.0309. The fourth-order valence-electron chi connectivity index (χ4n) is 1.91. The van der Waals surface area contributed by atoms with Gasteiger partial charge in [0.2, 0.25) is 0 Å². The van der Waals surface area contributed by atoms with Gasteiger partial charge in [-0.15, -0.1) is 0 Å². The van der Waals surface area contributed by atoms with Gasteiger partial charge in [-0.2, -0.15) is 0 Å². The number of aromatic nitrogens is 2. The first kappa shape index (κ1) is 12.0. The lowest BCUT2D eigenvalue weighted by Gasteiger charge is -2.32. The molecule has 17 heavy (non-hydrogen) atoms. The maximum atomic E-state index is 6.05. The van der Waals surface area contributed by atoms with Gasteiger partial charge in [-0.3, -0.25) is 0 Å². The van der Waals surface area contributed by atoms with Crippen LogP contribution in [0.4, 0.5) is 0 Å². The van der Waals surface area contributed by atoms with E-state index in [2.05, 4.69) is 22.0 Å². The van der Waals surface area contributed by atoms with Gasteiger partial charge in [0, 0.05) is 23.5 Å². The molecule has 1 aromatic heterocycles. The molecule has 0 saturated heterocycles. The Bertz CT molecular complexity index is 367. The highest BCUT2D eigenvalue weighted by Crippen LogP contribution is 2.27. The van der Waals surface area contributed by atoms with Crippen molar-refractivity contribution in [2.24, 2.45) is 10.9 Å². The molecule has 0 radical (unpaired) electrons. The standard InChI is InChI=1S/C12H18N4O/c1-12(13)4-2-11(3-5-12)17-16-8-10-6-14-9-15-7-10/h6-9,11H,2-5,13H2,1H3. The van der Waals surface area contributed by atoms with Gasteiger partial charge in [0.15, 0.2) is 0 Å². The predicted octanol–water partition coefficient (Wildman–Crippen LogP) is 1.49. The van der Waals surface area contributed by atoms with Gasteiger partial charge in [0.05, 0.1) is 6.21 Å². The minimum Gasteiger partial charge on any atom is -0.392 e. The van der Waals surface area contributed by atoms with Crippen LogP contribution >= 0.6 is 0 Å². The summed E-state index contributed by atoms with van der Waals surface area (Å²) in [6.45, 7) is 2.09. The van der Waals surface area contributed by atoms with Crippen LogP contribution in [0.15, 0.2) is 23.9 Å². The summed E-state index contributed by atoms with van der Waals surface area (Å²) in [5.41, 5.74) is 6.86. The molecule has 0 aliphatic heterocycles. The van der Waals surface area contributed by atoms with Gasteiger partial charge >= 0.3 is 0 Å². The third kappa shape index (κ3) is 3.78. The summed E-state index contributed by atoms with van der Waals surface area (Å²) in [6, 6.07) is 0. The van der Waals surface area contributed by atoms with Crippen molar-refractivity contribution in [2.45, 2.75) is 44.2 Å². The van der Waals surface area contributed by atoms with E-state index in [1.165, 1.54) is 6.33 Å². The van der Waals surface area contributed by atoms with Crippen LogP contribution in [0.25, 0.3) is 0 Å². The van der Waals surface area contributed by atoms with Crippen LogP contribution in [0.5, 0.6) is 0 Å². The summed E-state index contributed by atoms with van der Waals surface area (Å²) in [5.74, 6) is 0. The molecule has 5 heteroatoms. The highest BCUT2D eigenvalue weighted by atomic mass is 16.6. The van der Waals surface area contributed by atoms with Crippen LogP contribution in [-0.2, 0) is 4.84 Å². The van der Waals surface area contributed by atoms with E-state index < -0.39 is 0 Å². The van der Waals surface area contributed by atoms with E-state index >= 15 is 0 Å².